The van der Waals surface area contributed by atoms with E-state index in [4.69, 9.17) is 10.5 Å². The molecule has 0 aromatic heterocycles. The number of carbonyl (C=O) groups is 1. The Bertz CT molecular complexity index is 587. The number of nitrogens with two attached hydrogens (primary N) is 1. The van der Waals surface area contributed by atoms with Gasteiger partial charge in [-0.2, -0.15) is 0 Å². The van der Waals surface area contributed by atoms with Gasteiger partial charge >= 0.3 is 6.09 Å². The molecule has 0 aliphatic carbocycles. The number of ether oxygens (including phenoxy) is 1. The Kier molecular flexibility index (Phi) is 6.16. The van der Waals surface area contributed by atoms with Crippen LogP contribution in [0, 0.1) is 6.92 Å². The van der Waals surface area contributed by atoms with Gasteiger partial charge in [-0.25, -0.2) is 4.79 Å². The summed E-state index contributed by atoms with van der Waals surface area (Å²) in [6.07, 6.45) is 2.72. The molecule has 0 unspecified atom stereocenters. The van der Waals surface area contributed by atoms with Crippen LogP contribution < -0.4 is 11.1 Å². The number of aryl methyl sites for hydroxylation is 1. The van der Waals surface area contributed by atoms with Gasteiger partial charge in [0, 0.05) is 19.1 Å². The van der Waals surface area contributed by atoms with E-state index < -0.39 is 5.60 Å². The molecule has 0 spiro atoms. The highest BCUT2D eigenvalue weighted by molar-refractivity contribution is 5.72. The van der Waals surface area contributed by atoms with Gasteiger partial charge in [-0.1, -0.05) is 6.07 Å². The van der Waals surface area contributed by atoms with Crippen LogP contribution in [0.2, 0.25) is 0 Å². The molecule has 1 amide bonds. The maximum absolute atomic E-state index is 12.4. The lowest BCUT2D eigenvalue weighted by atomic mass is 10.1. The quantitative estimate of drug-likeness (QED) is 0.729. The fourth-order valence-electron chi connectivity index (χ4n) is 3.14. The summed E-state index contributed by atoms with van der Waals surface area (Å²) < 4.78 is 5.52. The fraction of sp³-hybridized carbons (Fsp3) is 0.632. The zero-order chi connectivity index (χ0) is 18.6. The third kappa shape index (κ3) is 5.53. The van der Waals surface area contributed by atoms with E-state index in [0.29, 0.717) is 18.8 Å². The molecule has 0 radical (unpaired) electrons. The van der Waals surface area contributed by atoms with E-state index in [1.54, 1.807) is 11.0 Å². The van der Waals surface area contributed by atoms with Crippen molar-refractivity contribution in [3.05, 3.63) is 23.3 Å². The largest absolute Gasteiger partial charge is 0.444 e. The molecule has 0 bridgehead atoms. The Balaban J connectivity index is 2.10. The van der Waals surface area contributed by atoms with Gasteiger partial charge in [0.1, 0.15) is 5.60 Å². The maximum atomic E-state index is 12.4. The van der Waals surface area contributed by atoms with Crippen molar-refractivity contribution < 1.29 is 14.6 Å². The molecule has 25 heavy (non-hydrogen) atoms. The van der Waals surface area contributed by atoms with Crippen molar-refractivity contribution in [2.75, 3.05) is 24.1 Å². The molecule has 6 nitrogen and oxygen atoms in total. The molecule has 1 aliphatic rings. The minimum atomic E-state index is -0.493. The summed E-state index contributed by atoms with van der Waals surface area (Å²) in [5, 5.41) is 12.8. The van der Waals surface area contributed by atoms with Gasteiger partial charge in [-0.05, 0) is 64.2 Å². The lowest BCUT2D eigenvalue weighted by Crippen LogP contribution is -2.42. The van der Waals surface area contributed by atoms with E-state index in [1.807, 2.05) is 33.8 Å². The molecule has 1 atom stereocenters. The zero-order valence-corrected chi connectivity index (χ0v) is 15.8. The average molecular weight is 349 g/mol. The van der Waals surface area contributed by atoms with Crippen LogP contribution in [-0.2, 0) is 11.3 Å². The Morgan fingerprint density at radius 1 is 1.40 bits per heavy atom. The van der Waals surface area contributed by atoms with E-state index in [2.05, 4.69) is 5.32 Å². The van der Waals surface area contributed by atoms with Crippen LogP contribution in [0.3, 0.4) is 0 Å². The topological polar surface area (TPSA) is 87.8 Å². The summed E-state index contributed by atoms with van der Waals surface area (Å²) in [6, 6.07) is 3.84. The number of nitrogens with one attached hydrogen (secondary N) is 1. The van der Waals surface area contributed by atoms with Gasteiger partial charge in [-0.15, -0.1) is 0 Å². The number of anilines is 2. The van der Waals surface area contributed by atoms with E-state index in [9.17, 15) is 9.90 Å². The third-order valence-corrected chi connectivity index (χ3v) is 4.28. The minimum Gasteiger partial charge on any atom is -0.444 e. The van der Waals surface area contributed by atoms with E-state index in [1.165, 1.54) is 0 Å². The summed E-state index contributed by atoms with van der Waals surface area (Å²) >= 11 is 0. The lowest BCUT2D eigenvalue weighted by molar-refractivity contribution is 0.0252. The van der Waals surface area contributed by atoms with Crippen LogP contribution in [0.25, 0.3) is 0 Å². The summed E-state index contributed by atoms with van der Waals surface area (Å²) in [7, 11) is 0. The number of rotatable bonds is 3. The molecule has 1 heterocycles. The minimum absolute atomic E-state index is 0.0266. The summed E-state index contributed by atoms with van der Waals surface area (Å²) in [5.74, 6) is 0. The van der Waals surface area contributed by atoms with Crippen molar-refractivity contribution >= 4 is 17.5 Å². The first-order valence-electron chi connectivity index (χ1n) is 8.94. The summed E-state index contributed by atoms with van der Waals surface area (Å²) in [6.45, 7) is 8.89. The molecule has 140 valence electrons. The standard InChI is InChI=1S/C19H31N3O3/c1-13-9-14(12-23)10-16(20)17(13)21-15-7-5-6-8-22(11-15)18(24)25-19(2,3)4/h9-10,15,21,23H,5-8,11-12,20H2,1-4H3/t15-/m1/s1. The van der Waals surface area contributed by atoms with Gasteiger partial charge < -0.3 is 25.8 Å². The molecule has 1 saturated heterocycles. The molecule has 6 heteroatoms. The Morgan fingerprint density at radius 3 is 2.72 bits per heavy atom. The first-order valence-corrected chi connectivity index (χ1v) is 8.94. The zero-order valence-electron chi connectivity index (χ0n) is 15.8. The van der Waals surface area contributed by atoms with Gasteiger partial charge in [0.25, 0.3) is 0 Å². The smallest absolute Gasteiger partial charge is 0.410 e. The second kappa shape index (κ2) is 7.95. The van der Waals surface area contributed by atoms with Crippen molar-refractivity contribution in [1.82, 2.24) is 4.90 Å². The van der Waals surface area contributed by atoms with E-state index in [-0.39, 0.29) is 18.7 Å². The molecule has 0 saturated carbocycles. The molecule has 1 aromatic carbocycles. The second-order valence-electron chi connectivity index (χ2n) is 7.80. The van der Waals surface area contributed by atoms with Crippen molar-refractivity contribution in [3.8, 4) is 0 Å². The van der Waals surface area contributed by atoms with Crippen molar-refractivity contribution in [3.63, 3.8) is 0 Å². The number of aliphatic hydroxyl groups is 1. The molecular weight excluding hydrogens is 318 g/mol. The molecular formula is C19H31N3O3. The third-order valence-electron chi connectivity index (χ3n) is 4.28. The van der Waals surface area contributed by atoms with Crippen LogP contribution >= 0.6 is 0 Å². The Hall–Kier alpha value is -1.95. The number of aliphatic hydroxyl groups excluding tert-OH is 1. The van der Waals surface area contributed by atoms with Gasteiger partial charge in [0.05, 0.1) is 18.0 Å². The van der Waals surface area contributed by atoms with E-state index in [0.717, 1.165) is 36.1 Å². The van der Waals surface area contributed by atoms with Crippen molar-refractivity contribution in [1.29, 1.82) is 0 Å². The number of nitrogens with zero attached hydrogens (tertiary/aromatic N) is 1. The number of carbonyl (C=O) groups excluding carboxylic acids is 1. The first-order chi connectivity index (χ1) is 11.7. The first kappa shape index (κ1) is 19.4. The highest BCUT2D eigenvalue weighted by Crippen LogP contribution is 2.28. The molecule has 1 aromatic rings. The molecule has 1 aliphatic heterocycles. The normalized spacial score (nSPS) is 18.6. The Morgan fingerprint density at radius 2 is 2.12 bits per heavy atom. The Labute approximate surface area is 150 Å². The lowest BCUT2D eigenvalue weighted by Gasteiger charge is -2.29. The predicted octanol–water partition coefficient (Wildman–Crippen LogP) is 3.27. The maximum Gasteiger partial charge on any atom is 0.410 e. The van der Waals surface area contributed by atoms with Crippen LogP contribution in [0.15, 0.2) is 12.1 Å². The van der Waals surface area contributed by atoms with Crippen molar-refractivity contribution in [2.45, 2.75) is 65.2 Å². The summed E-state index contributed by atoms with van der Waals surface area (Å²) in [4.78, 5) is 14.2. The summed E-state index contributed by atoms with van der Waals surface area (Å²) in [5.41, 5.74) is 8.97. The fourth-order valence-corrected chi connectivity index (χ4v) is 3.14. The number of benzene rings is 1. The number of hydrogen-bond donors (Lipinski definition) is 3. The second-order valence-corrected chi connectivity index (χ2v) is 7.80. The van der Waals surface area contributed by atoms with Crippen molar-refractivity contribution in [2.24, 2.45) is 0 Å². The van der Waals surface area contributed by atoms with E-state index >= 15 is 0 Å². The molecule has 1 fully saturated rings. The number of hydrogen-bond acceptors (Lipinski definition) is 5. The number of amides is 1. The average Bonchev–Trinajstić information content (AvgIpc) is 2.74. The molecule has 2 rings (SSSR count). The molecule has 4 N–H and O–H groups in total. The number of nitrogen functional groups attached to an aromatic ring is 1. The van der Waals surface area contributed by atoms with Crippen LogP contribution in [0.5, 0.6) is 0 Å². The SMILES string of the molecule is Cc1cc(CO)cc(N)c1N[C@@H]1CCCCN(C(=O)OC(C)(C)C)C1. The van der Waals surface area contributed by atoms with Gasteiger partial charge in [-0.3, -0.25) is 0 Å². The highest BCUT2D eigenvalue weighted by atomic mass is 16.6. The van der Waals surface area contributed by atoms with Crippen LogP contribution in [-0.4, -0.2) is 40.8 Å². The van der Waals surface area contributed by atoms with Crippen LogP contribution in [0.1, 0.15) is 51.2 Å². The van der Waals surface area contributed by atoms with Crippen LogP contribution in [0.4, 0.5) is 16.2 Å². The number of likely N-dealkylation sites (tertiary alicyclic amines) is 1. The van der Waals surface area contributed by atoms with Gasteiger partial charge in [0.2, 0.25) is 0 Å². The van der Waals surface area contributed by atoms with Gasteiger partial charge in [0.15, 0.2) is 0 Å². The predicted molar refractivity (Wildman–Crippen MR) is 101 cm³/mol. The monoisotopic (exact) mass is 349 g/mol. The highest BCUT2D eigenvalue weighted by Gasteiger charge is 2.26.